The molecule has 0 radical (unpaired) electrons. The van der Waals surface area contributed by atoms with Crippen LogP contribution in [0.15, 0.2) is 12.7 Å². The molecule has 0 saturated carbocycles. The summed E-state index contributed by atoms with van der Waals surface area (Å²) in [6.45, 7) is 8.08. The van der Waals surface area contributed by atoms with Crippen LogP contribution in [0.3, 0.4) is 0 Å². The van der Waals surface area contributed by atoms with Gasteiger partial charge in [0.25, 0.3) is 0 Å². The van der Waals surface area contributed by atoms with Gasteiger partial charge in [0.1, 0.15) is 0 Å². The average molecular weight is 142 g/mol. The molecule has 0 aliphatic carbocycles. The van der Waals surface area contributed by atoms with Gasteiger partial charge in [-0.15, -0.1) is 6.58 Å². The van der Waals surface area contributed by atoms with Crippen LogP contribution < -0.4 is 0 Å². The highest BCUT2D eigenvalue weighted by atomic mass is 16.5. The summed E-state index contributed by atoms with van der Waals surface area (Å²) in [5.41, 5.74) is 0. The van der Waals surface area contributed by atoms with E-state index in [9.17, 15) is 0 Å². The Bertz CT molecular complexity index is 86.7. The maximum Gasteiger partial charge on any atom is 0.0608 e. The van der Waals surface area contributed by atoms with Crippen LogP contribution in [-0.2, 0) is 4.74 Å². The molecule has 0 aromatic carbocycles. The lowest BCUT2D eigenvalue weighted by molar-refractivity contribution is 0.0870. The smallest absolute Gasteiger partial charge is 0.0608 e. The van der Waals surface area contributed by atoms with Crippen LogP contribution in [0.4, 0.5) is 0 Å². The Kier molecular flexibility index (Phi) is 5.32. The zero-order valence-electron chi connectivity index (χ0n) is 7.26. The van der Waals surface area contributed by atoms with Gasteiger partial charge in [0.15, 0.2) is 0 Å². The van der Waals surface area contributed by atoms with Crippen molar-refractivity contribution in [2.45, 2.75) is 32.8 Å². The van der Waals surface area contributed by atoms with E-state index < -0.39 is 0 Å². The van der Waals surface area contributed by atoms with E-state index in [1.165, 1.54) is 0 Å². The zero-order chi connectivity index (χ0) is 7.98. The van der Waals surface area contributed by atoms with Gasteiger partial charge in [-0.2, -0.15) is 0 Å². The Morgan fingerprint density at radius 1 is 1.50 bits per heavy atom. The summed E-state index contributed by atoms with van der Waals surface area (Å²) in [5, 5.41) is 0. The summed E-state index contributed by atoms with van der Waals surface area (Å²) in [5.74, 6) is 0.713. The predicted octanol–water partition coefficient (Wildman–Crippen LogP) is 2.62. The Morgan fingerprint density at radius 3 is 2.40 bits per heavy atom. The van der Waals surface area contributed by atoms with E-state index in [2.05, 4.69) is 20.4 Å². The molecule has 0 aliphatic heterocycles. The first-order valence-electron chi connectivity index (χ1n) is 3.84. The molecule has 0 aromatic heterocycles. The van der Waals surface area contributed by atoms with Gasteiger partial charge < -0.3 is 4.74 Å². The monoisotopic (exact) mass is 142 g/mol. The van der Waals surface area contributed by atoms with Crippen LogP contribution in [-0.4, -0.2) is 13.2 Å². The molecule has 1 unspecified atom stereocenters. The highest BCUT2D eigenvalue weighted by Gasteiger charge is 2.06. The molecule has 0 amide bonds. The highest BCUT2D eigenvalue weighted by Crippen LogP contribution is 2.10. The first kappa shape index (κ1) is 9.70. The Balaban J connectivity index is 3.48. The molecule has 0 aromatic rings. The molecule has 1 heteroatoms. The summed E-state index contributed by atoms with van der Waals surface area (Å²) in [6, 6.07) is 0. The van der Waals surface area contributed by atoms with Crippen LogP contribution in [0.5, 0.6) is 0 Å². The van der Waals surface area contributed by atoms with Gasteiger partial charge in [0.2, 0.25) is 0 Å². The lowest BCUT2D eigenvalue weighted by Gasteiger charge is -2.14. The molecule has 0 bridgehead atoms. The van der Waals surface area contributed by atoms with Crippen molar-refractivity contribution in [2.24, 2.45) is 5.92 Å². The summed E-state index contributed by atoms with van der Waals surface area (Å²) in [7, 11) is 1.76. The largest absolute Gasteiger partial charge is 0.381 e. The topological polar surface area (TPSA) is 9.23 Å². The van der Waals surface area contributed by atoms with Gasteiger partial charge in [-0.1, -0.05) is 19.9 Å². The molecular formula is C9H18O. The lowest BCUT2D eigenvalue weighted by atomic mass is 10.0. The van der Waals surface area contributed by atoms with E-state index in [1.807, 2.05) is 6.08 Å². The number of ether oxygens (including phenoxy) is 1. The number of hydrogen-bond acceptors (Lipinski definition) is 1. The van der Waals surface area contributed by atoms with Crippen LogP contribution in [0, 0.1) is 5.92 Å². The minimum atomic E-state index is 0.373. The van der Waals surface area contributed by atoms with Gasteiger partial charge in [-0.05, 0) is 18.8 Å². The predicted molar refractivity (Wildman–Crippen MR) is 45.1 cm³/mol. The number of rotatable bonds is 5. The standard InChI is InChI=1S/C9H18O/c1-5-6-9(10-4)7-8(2)3/h5,8-9H,1,6-7H2,2-4H3. The van der Waals surface area contributed by atoms with Crippen LogP contribution in [0.2, 0.25) is 0 Å². The number of methoxy groups -OCH3 is 1. The Morgan fingerprint density at radius 2 is 2.10 bits per heavy atom. The van der Waals surface area contributed by atoms with Crippen molar-refractivity contribution >= 4 is 0 Å². The number of hydrogen-bond donors (Lipinski definition) is 0. The fourth-order valence-corrected chi connectivity index (χ4v) is 1.00. The van der Waals surface area contributed by atoms with Gasteiger partial charge in [0.05, 0.1) is 6.10 Å². The Hall–Kier alpha value is -0.300. The van der Waals surface area contributed by atoms with Crippen molar-refractivity contribution in [2.75, 3.05) is 7.11 Å². The average Bonchev–Trinajstić information content (AvgIpc) is 1.86. The van der Waals surface area contributed by atoms with Gasteiger partial charge in [0, 0.05) is 7.11 Å². The van der Waals surface area contributed by atoms with Crippen LogP contribution in [0.1, 0.15) is 26.7 Å². The maximum atomic E-state index is 5.23. The molecule has 10 heavy (non-hydrogen) atoms. The second-order valence-corrected chi connectivity index (χ2v) is 3.01. The molecule has 1 nitrogen and oxygen atoms in total. The molecule has 0 saturated heterocycles. The van der Waals surface area contributed by atoms with E-state index in [0.717, 1.165) is 12.8 Å². The van der Waals surface area contributed by atoms with Crippen LogP contribution >= 0.6 is 0 Å². The first-order chi connectivity index (χ1) is 4.70. The van der Waals surface area contributed by atoms with Gasteiger partial charge in [-0.25, -0.2) is 0 Å². The van der Waals surface area contributed by atoms with E-state index in [-0.39, 0.29) is 0 Å². The summed E-state index contributed by atoms with van der Waals surface area (Å²) in [4.78, 5) is 0. The molecular weight excluding hydrogens is 124 g/mol. The zero-order valence-corrected chi connectivity index (χ0v) is 7.26. The van der Waals surface area contributed by atoms with Crippen molar-refractivity contribution in [3.63, 3.8) is 0 Å². The molecule has 0 rings (SSSR count). The van der Waals surface area contributed by atoms with Crippen LogP contribution in [0.25, 0.3) is 0 Å². The normalized spacial score (nSPS) is 13.6. The molecule has 0 aliphatic rings. The second kappa shape index (κ2) is 5.48. The maximum absolute atomic E-state index is 5.23. The third-order valence-electron chi connectivity index (χ3n) is 1.50. The van der Waals surface area contributed by atoms with E-state index in [0.29, 0.717) is 12.0 Å². The van der Waals surface area contributed by atoms with E-state index in [4.69, 9.17) is 4.74 Å². The van der Waals surface area contributed by atoms with E-state index in [1.54, 1.807) is 7.11 Å². The van der Waals surface area contributed by atoms with Crippen molar-refractivity contribution in [1.29, 1.82) is 0 Å². The second-order valence-electron chi connectivity index (χ2n) is 3.01. The molecule has 1 atom stereocenters. The fraction of sp³-hybridized carbons (Fsp3) is 0.778. The SMILES string of the molecule is C=CCC(CC(C)C)OC. The molecule has 0 heterocycles. The van der Waals surface area contributed by atoms with E-state index >= 15 is 0 Å². The van der Waals surface area contributed by atoms with Gasteiger partial charge >= 0.3 is 0 Å². The summed E-state index contributed by atoms with van der Waals surface area (Å²) >= 11 is 0. The Labute approximate surface area is 64.1 Å². The summed E-state index contributed by atoms with van der Waals surface area (Å²) < 4.78 is 5.23. The van der Waals surface area contributed by atoms with Crippen molar-refractivity contribution in [3.05, 3.63) is 12.7 Å². The first-order valence-corrected chi connectivity index (χ1v) is 3.84. The van der Waals surface area contributed by atoms with Crippen molar-refractivity contribution in [1.82, 2.24) is 0 Å². The molecule has 0 fully saturated rings. The lowest BCUT2D eigenvalue weighted by Crippen LogP contribution is -2.11. The minimum Gasteiger partial charge on any atom is -0.381 e. The van der Waals surface area contributed by atoms with Gasteiger partial charge in [-0.3, -0.25) is 0 Å². The summed E-state index contributed by atoms with van der Waals surface area (Å²) in [6.07, 6.45) is 4.38. The molecule has 0 spiro atoms. The minimum absolute atomic E-state index is 0.373. The molecule has 0 N–H and O–H groups in total. The van der Waals surface area contributed by atoms with Crippen molar-refractivity contribution < 1.29 is 4.74 Å². The quantitative estimate of drug-likeness (QED) is 0.536. The highest BCUT2D eigenvalue weighted by molar-refractivity contribution is 4.73. The molecule has 60 valence electrons. The fourth-order valence-electron chi connectivity index (χ4n) is 1.00. The van der Waals surface area contributed by atoms with Crippen molar-refractivity contribution in [3.8, 4) is 0 Å². The third-order valence-corrected chi connectivity index (χ3v) is 1.50. The third kappa shape index (κ3) is 4.57.